The van der Waals surface area contributed by atoms with Gasteiger partial charge < -0.3 is 0 Å². The second-order valence-electron chi connectivity index (χ2n) is 7.13. The molecule has 4 heteroatoms. The lowest BCUT2D eigenvalue weighted by atomic mass is 9.73. The summed E-state index contributed by atoms with van der Waals surface area (Å²) >= 11 is 0. The summed E-state index contributed by atoms with van der Waals surface area (Å²) in [4.78, 5) is 9.68. The van der Waals surface area contributed by atoms with Crippen LogP contribution in [0, 0.1) is 0 Å². The molecule has 0 N–H and O–H groups in total. The van der Waals surface area contributed by atoms with Crippen molar-refractivity contribution in [2.24, 2.45) is 0 Å². The average Bonchev–Trinajstić information content (AvgIpc) is 2.81. The average molecular weight is 378 g/mol. The zero-order valence-electron chi connectivity index (χ0n) is 16.3. The Bertz CT molecular complexity index is 1340. The van der Waals surface area contributed by atoms with E-state index in [4.69, 9.17) is 25.7 Å². The van der Waals surface area contributed by atoms with Gasteiger partial charge in [-0.25, -0.2) is 4.98 Å². The van der Waals surface area contributed by atoms with Crippen LogP contribution in [0.25, 0.3) is 44.5 Å². The van der Waals surface area contributed by atoms with Gasteiger partial charge in [0.1, 0.15) is 15.7 Å². The molecule has 5 rings (SSSR count). The van der Waals surface area contributed by atoms with Crippen LogP contribution < -0.4 is 10.9 Å². The first-order valence-electron chi connectivity index (χ1n) is 9.78. The summed E-state index contributed by atoms with van der Waals surface area (Å²) in [5.41, 5.74) is 7.88. The number of fused-ring (bicyclic) bond motifs is 1. The predicted octanol–water partition coefficient (Wildman–Crippen LogP) is 4.22. The molecule has 0 aliphatic rings. The number of aromatic nitrogens is 2. The monoisotopic (exact) mass is 378 g/mol. The second kappa shape index (κ2) is 7.64. The molecule has 0 aliphatic carbocycles. The molecule has 0 fully saturated rings. The van der Waals surface area contributed by atoms with Gasteiger partial charge in [-0.15, -0.1) is 0 Å². The van der Waals surface area contributed by atoms with Crippen LogP contribution in [0.15, 0.2) is 97.2 Å². The zero-order valence-corrected chi connectivity index (χ0v) is 16.3. The molecule has 136 valence electrons. The highest BCUT2D eigenvalue weighted by Crippen LogP contribution is 2.30. The molecular weight excluding hydrogens is 362 g/mol. The lowest BCUT2D eigenvalue weighted by Gasteiger charge is -2.20. The fourth-order valence-electron chi connectivity index (χ4n) is 3.84. The van der Waals surface area contributed by atoms with E-state index in [0.29, 0.717) is 22.0 Å². The standard InChI is InChI=1S/C26H16B2N2/c27-23-21(18-12-6-2-7-13-18)24(28)26-25(22(23)19-14-8-3-9-15-19)30-20(16-29-26)17-10-4-1-5-11-17/h1-16H. The zero-order chi connectivity index (χ0) is 20.5. The molecular formula is C26H16B2N2. The van der Waals surface area contributed by atoms with Crippen molar-refractivity contribution >= 4 is 37.7 Å². The van der Waals surface area contributed by atoms with Crippen LogP contribution in [0.5, 0.6) is 0 Å². The maximum Gasteiger partial charge on any atom is 0.117 e. The third-order valence-electron chi connectivity index (χ3n) is 5.27. The van der Waals surface area contributed by atoms with Gasteiger partial charge in [0.05, 0.1) is 22.9 Å². The number of rotatable bonds is 3. The van der Waals surface area contributed by atoms with E-state index in [1.807, 2.05) is 91.0 Å². The summed E-state index contributed by atoms with van der Waals surface area (Å²) in [5, 5.41) is 0. The fraction of sp³-hybridized carbons (Fsp3) is 0. The van der Waals surface area contributed by atoms with E-state index in [1.54, 1.807) is 6.20 Å². The van der Waals surface area contributed by atoms with Crippen LogP contribution in [-0.2, 0) is 0 Å². The summed E-state index contributed by atoms with van der Waals surface area (Å²) in [5.74, 6) is 0. The molecule has 30 heavy (non-hydrogen) atoms. The van der Waals surface area contributed by atoms with Gasteiger partial charge in [0.25, 0.3) is 0 Å². The Kier molecular flexibility index (Phi) is 4.68. The Labute approximate surface area is 178 Å². The van der Waals surface area contributed by atoms with Crippen molar-refractivity contribution in [3.05, 3.63) is 97.2 Å². The smallest absolute Gasteiger partial charge is 0.117 e. The first-order chi connectivity index (χ1) is 14.7. The van der Waals surface area contributed by atoms with Gasteiger partial charge in [0, 0.05) is 11.1 Å². The minimum atomic E-state index is 0.542. The predicted molar refractivity (Wildman–Crippen MR) is 127 cm³/mol. The molecule has 0 saturated carbocycles. The van der Waals surface area contributed by atoms with Gasteiger partial charge in [-0.2, -0.15) is 0 Å². The molecule has 0 aliphatic heterocycles. The summed E-state index contributed by atoms with van der Waals surface area (Å²) in [6, 6.07) is 30.0. The molecule has 0 amide bonds. The van der Waals surface area contributed by atoms with E-state index in [-0.39, 0.29) is 0 Å². The molecule has 5 aromatic rings. The van der Waals surface area contributed by atoms with Gasteiger partial charge in [-0.1, -0.05) is 102 Å². The lowest BCUT2D eigenvalue weighted by molar-refractivity contribution is 1.30. The van der Waals surface area contributed by atoms with Gasteiger partial charge in [-0.3, -0.25) is 4.98 Å². The Morgan fingerprint density at radius 3 is 1.57 bits per heavy atom. The first-order valence-corrected chi connectivity index (χ1v) is 9.78. The van der Waals surface area contributed by atoms with Crippen LogP contribution in [0.1, 0.15) is 0 Å². The summed E-state index contributed by atoms with van der Waals surface area (Å²) in [7, 11) is 13.4. The third kappa shape index (κ3) is 3.11. The molecule has 0 spiro atoms. The molecule has 1 aromatic heterocycles. The molecule has 0 saturated heterocycles. The highest BCUT2D eigenvalue weighted by atomic mass is 14.8. The molecule has 2 nitrogen and oxygen atoms in total. The first kappa shape index (κ1) is 18.4. The molecule has 4 aromatic carbocycles. The summed E-state index contributed by atoms with van der Waals surface area (Å²) in [6.45, 7) is 0. The maximum atomic E-state index is 6.76. The maximum absolute atomic E-state index is 6.76. The van der Waals surface area contributed by atoms with Crippen molar-refractivity contribution in [1.29, 1.82) is 0 Å². The van der Waals surface area contributed by atoms with E-state index >= 15 is 0 Å². The van der Waals surface area contributed by atoms with E-state index in [0.717, 1.165) is 33.5 Å². The number of benzene rings is 4. The van der Waals surface area contributed by atoms with Crippen LogP contribution in [-0.4, -0.2) is 25.7 Å². The molecule has 0 atom stereocenters. The summed E-state index contributed by atoms with van der Waals surface area (Å²) in [6.07, 6.45) is 1.77. The Morgan fingerprint density at radius 2 is 1.00 bits per heavy atom. The van der Waals surface area contributed by atoms with E-state index < -0.39 is 0 Å². The summed E-state index contributed by atoms with van der Waals surface area (Å²) < 4.78 is 0. The van der Waals surface area contributed by atoms with Gasteiger partial charge >= 0.3 is 0 Å². The van der Waals surface area contributed by atoms with E-state index in [9.17, 15) is 0 Å². The SMILES string of the molecule is [B]c1c(-c2ccccc2)c([B])c2ncc(-c3ccccc3)nc2c1-c1ccccc1. The van der Waals surface area contributed by atoms with Crippen LogP contribution in [0.3, 0.4) is 0 Å². The molecule has 0 bridgehead atoms. The normalized spacial score (nSPS) is 10.9. The second-order valence-corrected chi connectivity index (χ2v) is 7.13. The Balaban J connectivity index is 1.88. The van der Waals surface area contributed by atoms with Crippen molar-refractivity contribution in [3.63, 3.8) is 0 Å². The van der Waals surface area contributed by atoms with Crippen molar-refractivity contribution < 1.29 is 0 Å². The quantitative estimate of drug-likeness (QED) is 0.440. The highest BCUT2D eigenvalue weighted by Gasteiger charge is 2.18. The Morgan fingerprint density at radius 1 is 0.500 bits per heavy atom. The van der Waals surface area contributed by atoms with Gasteiger partial charge in [-0.05, 0) is 16.7 Å². The van der Waals surface area contributed by atoms with Crippen molar-refractivity contribution in [1.82, 2.24) is 9.97 Å². The topological polar surface area (TPSA) is 25.8 Å². The molecule has 4 radical (unpaired) electrons. The van der Waals surface area contributed by atoms with Gasteiger partial charge in [0.2, 0.25) is 0 Å². The lowest BCUT2D eigenvalue weighted by Crippen LogP contribution is -2.24. The van der Waals surface area contributed by atoms with E-state index in [1.165, 1.54) is 0 Å². The van der Waals surface area contributed by atoms with Crippen molar-refractivity contribution in [2.75, 3.05) is 0 Å². The van der Waals surface area contributed by atoms with Crippen LogP contribution >= 0.6 is 0 Å². The third-order valence-corrected chi connectivity index (χ3v) is 5.27. The minimum Gasteiger partial charge on any atom is -0.253 e. The van der Waals surface area contributed by atoms with Crippen LogP contribution in [0.2, 0.25) is 0 Å². The highest BCUT2D eigenvalue weighted by molar-refractivity contribution is 6.50. The Hall–Kier alpha value is -3.65. The van der Waals surface area contributed by atoms with E-state index in [2.05, 4.69) is 0 Å². The number of hydrogen-bond donors (Lipinski definition) is 0. The number of hydrogen-bond acceptors (Lipinski definition) is 2. The molecule has 0 unspecified atom stereocenters. The van der Waals surface area contributed by atoms with Gasteiger partial charge in [0.15, 0.2) is 0 Å². The molecule has 1 heterocycles. The number of nitrogens with zero attached hydrogens (tertiary/aromatic N) is 2. The van der Waals surface area contributed by atoms with Crippen LogP contribution in [0.4, 0.5) is 0 Å². The van der Waals surface area contributed by atoms with Crippen molar-refractivity contribution in [2.45, 2.75) is 0 Å². The minimum absolute atomic E-state index is 0.542. The fourth-order valence-corrected chi connectivity index (χ4v) is 3.84. The largest absolute Gasteiger partial charge is 0.253 e. The van der Waals surface area contributed by atoms with Crippen molar-refractivity contribution in [3.8, 4) is 33.5 Å².